The average Bonchev–Trinajstić information content (AvgIpc) is 3.29. The molecular formula is C29H30F4N6O. The molecule has 1 unspecified atom stereocenters. The molecule has 210 valence electrons. The SMILES string of the molecule is Cc1ccc(NC(=O)c2cccc(C(F)(F)F)c2)cc1-c1nc2n[nH]c(N)c2c(C)c1CCN1CCCC(F)C1. The molecule has 40 heavy (non-hydrogen) atoms. The lowest BCUT2D eigenvalue weighted by atomic mass is 9.94. The zero-order chi connectivity index (χ0) is 28.6. The second-order valence-electron chi connectivity index (χ2n) is 10.3. The average molecular weight is 555 g/mol. The van der Waals surface area contributed by atoms with E-state index < -0.39 is 23.8 Å². The number of nitrogens with one attached hydrogen (secondary N) is 2. The first-order valence-electron chi connectivity index (χ1n) is 13.1. The van der Waals surface area contributed by atoms with E-state index in [2.05, 4.69) is 20.4 Å². The molecular weight excluding hydrogens is 524 g/mol. The van der Waals surface area contributed by atoms with Crippen molar-refractivity contribution in [2.45, 2.75) is 45.5 Å². The number of halogens is 4. The summed E-state index contributed by atoms with van der Waals surface area (Å²) in [5, 5.41) is 10.5. The lowest BCUT2D eigenvalue weighted by Gasteiger charge is -2.29. The summed E-state index contributed by atoms with van der Waals surface area (Å²) in [4.78, 5) is 19.8. The lowest BCUT2D eigenvalue weighted by molar-refractivity contribution is -0.137. The van der Waals surface area contributed by atoms with E-state index in [9.17, 15) is 22.4 Å². The van der Waals surface area contributed by atoms with Crippen LogP contribution in [0.1, 0.15) is 45.5 Å². The van der Waals surface area contributed by atoms with Gasteiger partial charge in [0.15, 0.2) is 5.65 Å². The number of aromatic nitrogens is 3. The Morgan fingerprint density at radius 2 is 2.00 bits per heavy atom. The molecule has 4 aromatic rings. The van der Waals surface area contributed by atoms with Crippen molar-refractivity contribution >= 4 is 28.4 Å². The van der Waals surface area contributed by atoms with Crippen molar-refractivity contribution in [1.29, 1.82) is 0 Å². The van der Waals surface area contributed by atoms with Gasteiger partial charge >= 0.3 is 6.18 Å². The number of hydrogen-bond acceptors (Lipinski definition) is 5. The predicted molar refractivity (Wildman–Crippen MR) is 147 cm³/mol. The summed E-state index contributed by atoms with van der Waals surface area (Å²) >= 11 is 0. The summed E-state index contributed by atoms with van der Waals surface area (Å²) in [6, 6.07) is 9.55. The van der Waals surface area contributed by atoms with Crippen molar-refractivity contribution < 1.29 is 22.4 Å². The number of likely N-dealkylation sites (tertiary alicyclic amines) is 1. The predicted octanol–water partition coefficient (Wildman–Crippen LogP) is 6.07. The third kappa shape index (κ3) is 5.65. The molecule has 0 radical (unpaired) electrons. The van der Waals surface area contributed by atoms with Gasteiger partial charge in [-0.15, -0.1) is 0 Å². The number of alkyl halides is 4. The van der Waals surface area contributed by atoms with Gasteiger partial charge in [-0.25, -0.2) is 9.37 Å². The molecule has 5 rings (SSSR count). The zero-order valence-corrected chi connectivity index (χ0v) is 22.2. The van der Waals surface area contributed by atoms with Crippen LogP contribution >= 0.6 is 0 Å². The summed E-state index contributed by atoms with van der Waals surface area (Å²) in [7, 11) is 0. The van der Waals surface area contributed by atoms with Gasteiger partial charge in [-0.05, 0) is 86.7 Å². The minimum absolute atomic E-state index is 0.104. The zero-order valence-electron chi connectivity index (χ0n) is 22.2. The maximum Gasteiger partial charge on any atom is 0.416 e. The molecule has 0 saturated carbocycles. The highest BCUT2D eigenvalue weighted by atomic mass is 19.4. The number of amides is 1. The monoisotopic (exact) mass is 554 g/mol. The highest BCUT2D eigenvalue weighted by Gasteiger charge is 2.31. The minimum atomic E-state index is -4.55. The number of rotatable bonds is 6. The quantitative estimate of drug-likeness (QED) is 0.251. The Morgan fingerprint density at radius 1 is 1.20 bits per heavy atom. The number of nitrogens with two attached hydrogens (primary N) is 1. The number of aryl methyl sites for hydroxylation is 2. The summed E-state index contributed by atoms with van der Waals surface area (Å²) in [5.41, 5.74) is 10.2. The van der Waals surface area contributed by atoms with Gasteiger partial charge in [-0.1, -0.05) is 12.1 Å². The lowest BCUT2D eigenvalue weighted by Crippen LogP contribution is -2.37. The first-order valence-corrected chi connectivity index (χ1v) is 13.1. The third-order valence-electron chi connectivity index (χ3n) is 7.44. The highest BCUT2D eigenvalue weighted by molar-refractivity contribution is 6.04. The first-order chi connectivity index (χ1) is 19.0. The van der Waals surface area contributed by atoms with Crippen LogP contribution < -0.4 is 11.1 Å². The number of aromatic amines is 1. The van der Waals surface area contributed by atoms with Crippen molar-refractivity contribution in [1.82, 2.24) is 20.1 Å². The van der Waals surface area contributed by atoms with Crippen LogP contribution in [0.15, 0.2) is 42.5 Å². The van der Waals surface area contributed by atoms with E-state index in [0.717, 1.165) is 52.7 Å². The van der Waals surface area contributed by atoms with Gasteiger partial charge in [0.2, 0.25) is 0 Å². The molecule has 3 heterocycles. The number of hydrogen-bond donors (Lipinski definition) is 3. The summed E-state index contributed by atoms with van der Waals surface area (Å²) < 4.78 is 53.5. The Bertz CT molecular complexity index is 1560. The Balaban J connectivity index is 1.50. The second-order valence-corrected chi connectivity index (χ2v) is 10.3. The van der Waals surface area contributed by atoms with Crippen LogP contribution in [0.4, 0.5) is 29.1 Å². The van der Waals surface area contributed by atoms with Crippen molar-refractivity contribution in [3.63, 3.8) is 0 Å². The van der Waals surface area contributed by atoms with Crippen LogP contribution in [-0.2, 0) is 12.6 Å². The number of carbonyl (C=O) groups is 1. The number of nitrogens with zero attached hydrogens (tertiary/aromatic N) is 3. The molecule has 0 bridgehead atoms. The first kappa shape index (κ1) is 27.6. The number of H-pyrrole nitrogens is 1. The Morgan fingerprint density at radius 3 is 2.75 bits per heavy atom. The normalized spacial score (nSPS) is 16.4. The van der Waals surface area contributed by atoms with Gasteiger partial charge in [0.1, 0.15) is 12.0 Å². The molecule has 1 amide bonds. The maximum absolute atomic E-state index is 14.0. The minimum Gasteiger partial charge on any atom is -0.384 e. The van der Waals surface area contributed by atoms with Crippen LogP contribution in [0.5, 0.6) is 0 Å². The van der Waals surface area contributed by atoms with Crippen LogP contribution in [0, 0.1) is 13.8 Å². The van der Waals surface area contributed by atoms with Gasteiger partial charge < -0.3 is 16.0 Å². The summed E-state index contributed by atoms with van der Waals surface area (Å²) in [5.74, 6) is -0.250. The molecule has 2 aromatic carbocycles. The maximum atomic E-state index is 14.0. The van der Waals surface area contributed by atoms with Crippen LogP contribution in [0.25, 0.3) is 22.3 Å². The fourth-order valence-electron chi connectivity index (χ4n) is 5.29. The van der Waals surface area contributed by atoms with Gasteiger partial charge in [-0.2, -0.15) is 18.3 Å². The van der Waals surface area contributed by atoms with Gasteiger partial charge in [-0.3, -0.25) is 9.89 Å². The number of fused-ring (bicyclic) bond motifs is 1. The highest BCUT2D eigenvalue weighted by Crippen LogP contribution is 2.35. The molecule has 1 fully saturated rings. The number of anilines is 2. The van der Waals surface area contributed by atoms with Crippen LogP contribution in [0.3, 0.4) is 0 Å². The molecule has 1 aliphatic heterocycles. The van der Waals surface area contributed by atoms with Crippen LogP contribution in [-0.4, -0.2) is 51.8 Å². The van der Waals surface area contributed by atoms with Gasteiger partial charge in [0.05, 0.1) is 16.6 Å². The van der Waals surface area contributed by atoms with E-state index >= 15 is 0 Å². The molecule has 0 spiro atoms. The molecule has 1 atom stereocenters. The molecule has 7 nitrogen and oxygen atoms in total. The van der Waals surface area contributed by atoms with Gasteiger partial charge in [0.25, 0.3) is 5.91 Å². The summed E-state index contributed by atoms with van der Waals surface area (Å²) in [6.07, 6.45) is -3.40. The topological polar surface area (TPSA) is 99.9 Å². The molecule has 0 aliphatic carbocycles. The largest absolute Gasteiger partial charge is 0.416 e. The van der Waals surface area contributed by atoms with E-state index in [1.54, 1.807) is 12.1 Å². The van der Waals surface area contributed by atoms with Gasteiger partial charge in [0, 0.05) is 29.9 Å². The Hall–Kier alpha value is -3.99. The van der Waals surface area contributed by atoms with E-state index in [0.29, 0.717) is 48.8 Å². The smallest absolute Gasteiger partial charge is 0.384 e. The van der Waals surface area contributed by atoms with Crippen molar-refractivity contribution in [3.8, 4) is 11.3 Å². The number of pyridine rings is 1. The van der Waals surface area contributed by atoms with E-state index in [-0.39, 0.29) is 5.56 Å². The van der Waals surface area contributed by atoms with E-state index in [4.69, 9.17) is 10.7 Å². The Kier molecular flexibility index (Phi) is 7.50. The van der Waals surface area contributed by atoms with Crippen molar-refractivity contribution in [2.75, 3.05) is 30.7 Å². The molecule has 2 aromatic heterocycles. The van der Waals surface area contributed by atoms with Crippen molar-refractivity contribution in [2.24, 2.45) is 0 Å². The van der Waals surface area contributed by atoms with E-state index in [1.165, 1.54) is 12.1 Å². The molecule has 11 heteroatoms. The fourth-order valence-corrected chi connectivity index (χ4v) is 5.29. The number of piperidine rings is 1. The summed E-state index contributed by atoms with van der Waals surface area (Å²) in [6.45, 7) is 5.74. The standard InChI is InChI=1S/C29H30F4N6O/c1-16-8-9-21(35-28(40)18-5-3-6-19(13-18)29(31,32)33)14-23(16)25-22(10-12-39-11-4-7-20(30)15-39)17(2)24-26(34)37-38-27(24)36-25/h3,5-6,8-9,13-14,20H,4,7,10-12,15H2,1-2H3,(H,35,40)(H3,34,36,37,38). The number of nitrogen functional groups attached to an aromatic ring is 1. The number of carbonyl (C=O) groups excluding carboxylic acids is 1. The fraction of sp³-hybridized carbons (Fsp3) is 0.345. The molecule has 1 saturated heterocycles. The number of benzene rings is 2. The molecule has 1 aliphatic rings. The Labute approximate surface area is 228 Å². The molecule has 4 N–H and O–H groups in total. The van der Waals surface area contributed by atoms with Crippen LogP contribution in [0.2, 0.25) is 0 Å². The third-order valence-corrected chi connectivity index (χ3v) is 7.44. The second kappa shape index (κ2) is 10.9. The van der Waals surface area contributed by atoms with E-state index in [1.807, 2.05) is 19.9 Å². The van der Waals surface area contributed by atoms with Crippen molar-refractivity contribution in [3.05, 3.63) is 70.3 Å².